The summed E-state index contributed by atoms with van der Waals surface area (Å²) in [6, 6.07) is 4.06. The van der Waals surface area contributed by atoms with E-state index in [4.69, 9.17) is 4.74 Å². The molecule has 0 radical (unpaired) electrons. The van der Waals surface area contributed by atoms with Crippen molar-refractivity contribution in [3.05, 3.63) is 35.4 Å². The van der Waals surface area contributed by atoms with Gasteiger partial charge < -0.3 is 19.9 Å². The molecule has 0 amide bonds. The summed E-state index contributed by atoms with van der Waals surface area (Å²) in [6.45, 7) is 5.73. The summed E-state index contributed by atoms with van der Waals surface area (Å²) in [6.07, 6.45) is 1.08. The Morgan fingerprint density at radius 1 is 1.25 bits per heavy atom. The maximum atomic E-state index is 14.3. The number of aliphatic imine (C=N–C) groups is 1. The van der Waals surface area contributed by atoms with Gasteiger partial charge in [-0.3, -0.25) is 9.89 Å². The minimum atomic E-state index is -0.524. The molecule has 2 fully saturated rings. The van der Waals surface area contributed by atoms with Crippen LogP contribution in [-0.4, -0.2) is 93.8 Å². The molecule has 0 aromatic heterocycles. The highest BCUT2D eigenvalue weighted by atomic mass is 19.1. The minimum absolute atomic E-state index is 0.0862. The van der Waals surface area contributed by atoms with E-state index >= 15 is 0 Å². The Kier molecular flexibility index (Phi) is 7.20. The molecule has 156 valence electrons. The maximum absolute atomic E-state index is 14.3. The van der Waals surface area contributed by atoms with E-state index in [2.05, 4.69) is 20.1 Å². The smallest absolute Gasteiger partial charge is 0.193 e. The van der Waals surface area contributed by atoms with Crippen molar-refractivity contribution >= 4 is 5.96 Å². The monoisotopic (exact) mass is 395 g/mol. The number of rotatable bonds is 5. The van der Waals surface area contributed by atoms with Crippen LogP contribution in [0, 0.1) is 11.6 Å². The fourth-order valence-corrected chi connectivity index (χ4v) is 4.07. The van der Waals surface area contributed by atoms with Gasteiger partial charge in [-0.2, -0.15) is 0 Å². The van der Waals surface area contributed by atoms with Crippen LogP contribution < -0.4 is 5.32 Å². The first-order chi connectivity index (χ1) is 13.5. The van der Waals surface area contributed by atoms with Crippen molar-refractivity contribution in [1.29, 1.82) is 0 Å². The molecule has 0 spiro atoms. The first-order valence-electron chi connectivity index (χ1n) is 9.89. The largest absolute Gasteiger partial charge is 0.379 e. The van der Waals surface area contributed by atoms with Gasteiger partial charge in [0.1, 0.15) is 11.6 Å². The van der Waals surface area contributed by atoms with Crippen LogP contribution in [0.25, 0.3) is 0 Å². The number of hydrogen-bond acceptors (Lipinski definition) is 4. The second kappa shape index (κ2) is 9.62. The second-order valence-corrected chi connectivity index (χ2v) is 7.58. The normalized spacial score (nSPS) is 22.7. The van der Waals surface area contributed by atoms with Crippen molar-refractivity contribution in [1.82, 2.24) is 20.0 Å². The lowest BCUT2D eigenvalue weighted by Gasteiger charge is -2.32. The summed E-state index contributed by atoms with van der Waals surface area (Å²) >= 11 is 0. The first kappa shape index (κ1) is 21.0. The van der Waals surface area contributed by atoms with E-state index < -0.39 is 17.7 Å². The predicted molar refractivity (Wildman–Crippen MR) is 107 cm³/mol. The van der Waals surface area contributed by atoms with Gasteiger partial charge in [0.2, 0.25) is 0 Å². The first-order valence-corrected chi connectivity index (χ1v) is 9.89. The third kappa shape index (κ3) is 4.79. The van der Waals surface area contributed by atoms with Crippen LogP contribution in [0.3, 0.4) is 0 Å². The molecule has 6 nitrogen and oxygen atoms in total. The Morgan fingerprint density at radius 2 is 1.93 bits per heavy atom. The fraction of sp³-hybridized carbons (Fsp3) is 0.650. The standard InChI is InChI=1S/C20H31F2N5O/c1-23-20(27-8-7-15(14-27)26-9-11-28-12-10-26)24-13-18(25(2)3)19-16(21)5-4-6-17(19)22/h4-6,15,18H,7-14H2,1-3H3,(H,23,24). The summed E-state index contributed by atoms with van der Waals surface area (Å²) in [7, 11) is 5.40. The number of halogens is 2. The van der Waals surface area contributed by atoms with E-state index in [1.54, 1.807) is 7.05 Å². The number of guanidine groups is 1. The summed E-state index contributed by atoms with van der Waals surface area (Å²) in [5, 5.41) is 3.33. The lowest BCUT2D eigenvalue weighted by Crippen LogP contribution is -2.47. The molecule has 0 bridgehead atoms. The van der Waals surface area contributed by atoms with Crippen molar-refractivity contribution in [3.63, 3.8) is 0 Å². The zero-order valence-corrected chi connectivity index (χ0v) is 17.0. The zero-order chi connectivity index (χ0) is 20.1. The predicted octanol–water partition coefficient (Wildman–Crippen LogP) is 1.55. The van der Waals surface area contributed by atoms with Gasteiger partial charge in [0.15, 0.2) is 5.96 Å². The Balaban J connectivity index is 1.62. The van der Waals surface area contributed by atoms with E-state index in [1.165, 1.54) is 18.2 Å². The molecular formula is C20H31F2N5O. The quantitative estimate of drug-likeness (QED) is 0.605. The second-order valence-electron chi connectivity index (χ2n) is 7.58. The molecule has 1 N–H and O–H groups in total. The van der Waals surface area contributed by atoms with E-state index in [-0.39, 0.29) is 5.56 Å². The highest BCUT2D eigenvalue weighted by molar-refractivity contribution is 5.80. The molecule has 3 rings (SSSR count). The number of likely N-dealkylation sites (N-methyl/N-ethyl adjacent to an activating group) is 1. The van der Waals surface area contributed by atoms with E-state index in [1.807, 2.05) is 19.0 Å². The SMILES string of the molecule is CN=C(NCC(c1c(F)cccc1F)N(C)C)N1CCC(N2CCOCC2)C1. The summed E-state index contributed by atoms with van der Waals surface area (Å²) in [5.74, 6) is -0.271. The Bertz CT molecular complexity index is 658. The summed E-state index contributed by atoms with van der Waals surface area (Å²) < 4.78 is 34.0. The van der Waals surface area contributed by atoms with Crippen LogP contribution >= 0.6 is 0 Å². The van der Waals surface area contributed by atoms with E-state index in [0.29, 0.717) is 12.6 Å². The van der Waals surface area contributed by atoms with Crippen molar-refractivity contribution in [3.8, 4) is 0 Å². The van der Waals surface area contributed by atoms with Gasteiger partial charge in [-0.1, -0.05) is 6.07 Å². The third-order valence-corrected chi connectivity index (χ3v) is 5.65. The molecule has 2 unspecified atom stereocenters. The number of nitrogens with zero attached hydrogens (tertiary/aromatic N) is 4. The van der Waals surface area contributed by atoms with Crippen molar-refractivity contribution < 1.29 is 13.5 Å². The topological polar surface area (TPSA) is 43.3 Å². The number of benzene rings is 1. The van der Waals surface area contributed by atoms with Gasteiger partial charge >= 0.3 is 0 Å². The van der Waals surface area contributed by atoms with Crippen molar-refractivity contribution in [2.45, 2.75) is 18.5 Å². The van der Waals surface area contributed by atoms with E-state index in [9.17, 15) is 8.78 Å². The molecule has 0 aliphatic carbocycles. The molecular weight excluding hydrogens is 364 g/mol. The molecule has 1 aromatic carbocycles. The molecule has 2 heterocycles. The minimum Gasteiger partial charge on any atom is -0.379 e. The summed E-state index contributed by atoms with van der Waals surface area (Å²) in [5.41, 5.74) is 0.0862. The number of hydrogen-bond donors (Lipinski definition) is 1. The van der Waals surface area contributed by atoms with Crippen molar-refractivity contribution in [2.75, 3.05) is 67.1 Å². The Labute approximate surface area is 166 Å². The number of morpholine rings is 1. The highest BCUT2D eigenvalue weighted by Crippen LogP contribution is 2.24. The van der Waals surface area contributed by atoms with Crippen LogP contribution in [0.1, 0.15) is 18.0 Å². The van der Waals surface area contributed by atoms with Crippen molar-refractivity contribution in [2.24, 2.45) is 4.99 Å². The zero-order valence-electron chi connectivity index (χ0n) is 17.0. The van der Waals surface area contributed by atoms with Gasteiger partial charge in [0.05, 0.1) is 19.3 Å². The number of likely N-dealkylation sites (tertiary alicyclic amines) is 1. The number of nitrogens with one attached hydrogen (secondary N) is 1. The van der Waals surface area contributed by atoms with E-state index in [0.717, 1.165) is 51.8 Å². The van der Waals surface area contributed by atoms with Crippen LogP contribution in [0.2, 0.25) is 0 Å². The van der Waals surface area contributed by atoms with Gasteiger partial charge in [0, 0.05) is 51.4 Å². The van der Waals surface area contributed by atoms with Gasteiger partial charge in [-0.05, 0) is 32.6 Å². The van der Waals surface area contributed by atoms with Crippen LogP contribution in [-0.2, 0) is 4.74 Å². The van der Waals surface area contributed by atoms with Gasteiger partial charge in [-0.15, -0.1) is 0 Å². The number of ether oxygens (including phenoxy) is 1. The van der Waals surface area contributed by atoms with Crippen LogP contribution in [0.4, 0.5) is 8.78 Å². The Morgan fingerprint density at radius 3 is 2.54 bits per heavy atom. The lowest BCUT2D eigenvalue weighted by atomic mass is 10.0. The average molecular weight is 395 g/mol. The molecule has 1 aromatic rings. The average Bonchev–Trinajstić information content (AvgIpc) is 3.17. The molecule has 2 saturated heterocycles. The fourth-order valence-electron chi connectivity index (χ4n) is 4.07. The Hall–Kier alpha value is -1.77. The molecule has 8 heteroatoms. The lowest BCUT2D eigenvalue weighted by molar-refractivity contribution is 0.0195. The molecule has 2 aliphatic rings. The molecule has 2 aliphatic heterocycles. The molecule has 28 heavy (non-hydrogen) atoms. The summed E-state index contributed by atoms with van der Waals surface area (Å²) in [4.78, 5) is 10.9. The van der Waals surface area contributed by atoms with Crippen LogP contribution in [0.5, 0.6) is 0 Å². The van der Waals surface area contributed by atoms with Crippen LogP contribution in [0.15, 0.2) is 23.2 Å². The molecule has 2 atom stereocenters. The van der Waals surface area contributed by atoms with Gasteiger partial charge in [0.25, 0.3) is 0 Å². The third-order valence-electron chi connectivity index (χ3n) is 5.65. The highest BCUT2D eigenvalue weighted by Gasteiger charge is 2.31. The molecule has 0 saturated carbocycles. The van der Waals surface area contributed by atoms with Gasteiger partial charge in [-0.25, -0.2) is 8.78 Å². The maximum Gasteiger partial charge on any atom is 0.193 e.